The monoisotopic (exact) mass is 315 g/mol. The number of rotatable bonds is 3. The number of carbonyl (C=O) groups is 3. The molecule has 0 bridgehead atoms. The van der Waals surface area contributed by atoms with Gasteiger partial charge in [-0.15, -0.1) is 11.3 Å². The number of aromatic nitrogens is 1. The van der Waals surface area contributed by atoms with Gasteiger partial charge in [-0.3, -0.25) is 24.6 Å². The summed E-state index contributed by atoms with van der Waals surface area (Å²) in [6.07, 6.45) is 0.481. The van der Waals surface area contributed by atoms with Crippen molar-refractivity contribution in [1.82, 2.24) is 4.98 Å². The van der Waals surface area contributed by atoms with Gasteiger partial charge in [0.15, 0.2) is 5.13 Å². The van der Waals surface area contributed by atoms with E-state index in [1.807, 2.05) is 12.3 Å². The van der Waals surface area contributed by atoms with Crippen LogP contribution in [0, 0.1) is 6.92 Å². The van der Waals surface area contributed by atoms with E-state index in [2.05, 4.69) is 10.3 Å². The number of aryl methyl sites for hydroxylation is 1. The summed E-state index contributed by atoms with van der Waals surface area (Å²) in [5.74, 6) is -0.694. The second kappa shape index (κ2) is 5.69. The van der Waals surface area contributed by atoms with Crippen molar-refractivity contribution in [1.29, 1.82) is 0 Å². The van der Waals surface area contributed by atoms with E-state index >= 15 is 0 Å². The second-order valence-electron chi connectivity index (χ2n) is 4.92. The molecular formula is C15H13N3O3S. The summed E-state index contributed by atoms with van der Waals surface area (Å²) < 4.78 is 0. The summed E-state index contributed by atoms with van der Waals surface area (Å²) in [5, 5.41) is 5.10. The van der Waals surface area contributed by atoms with Gasteiger partial charge in [0.05, 0.1) is 11.4 Å². The molecule has 3 amide bonds. The van der Waals surface area contributed by atoms with Gasteiger partial charge < -0.3 is 0 Å². The number of hydrogen-bond acceptors (Lipinski definition) is 5. The van der Waals surface area contributed by atoms with Crippen molar-refractivity contribution in [3.63, 3.8) is 0 Å². The van der Waals surface area contributed by atoms with Crippen molar-refractivity contribution in [2.75, 3.05) is 10.2 Å². The first kappa shape index (κ1) is 14.4. The Balaban J connectivity index is 1.75. The molecule has 1 N–H and O–H groups in total. The Bertz CT molecular complexity index is 736. The number of nitrogens with one attached hydrogen (secondary N) is 1. The molecule has 6 nitrogen and oxygen atoms in total. The molecule has 22 heavy (non-hydrogen) atoms. The van der Waals surface area contributed by atoms with E-state index < -0.39 is 0 Å². The molecule has 1 aliphatic rings. The first-order chi connectivity index (χ1) is 10.5. The number of thiazole rings is 1. The third-order valence-electron chi connectivity index (χ3n) is 3.28. The van der Waals surface area contributed by atoms with Crippen LogP contribution in [0.3, 0.4) is 0 Å². The van der Waals surface area contributed by atoms with Gasteiger partial charge >= 0.3 is 0 Å². The van der Waals surface area contributed by atoms with Gasteiger partial charge in [-0.1, -0.05) is 0 Å². The van der Waals surface area contributed by atoms with Crippen LogP contribution in [-0.2, 0) is 9.59 Å². The van der Waals surface area contributed by atoms with Crippen LogP contribution in [0.4, 0.5) is 10.8 Å². The standard InChI is InChI=1S/C15H13N3O3S/c1-9-8-22-15(16-9)17-14(21)10-2-4-11(5-3-10)18-12(19)6-7-13(18)20/h2-5,8H,6-7H2,1H3,(H,16,17,21). The molecule has 0 aliphatic carbocycles. The van der Waals surface area contributed by atoms with Crippen LogP contribution in [0.25, 0.3) is 0 Å². The summed E-state index contributed by atoms with van der Waals surface area (Å²) >= 11 is 1.36. The molecule has 0 spiro atoms. The fourth-order valence-electron chi connectivity index (χ4n) is 2.21. The quantitative estimate of drug-likeness (QED) is 0.882. The molecule has 2 heterocycles. The maximum Gasteiger partial charge on any atom is 0.257 e. The average Bonchev–Trinajstić information content (AvgIpc) is 3.05. The minimum Gasteiger partial charge on any atom is -0.298 e. The van der Waals surface area contributed by atoms with Gasteiger partial charge in [0.1, 0.15) is 0 Å². The zero-order valence-electron chi connectivity index (χ0n) is 11.8. The molecule has 3 rings (SSSR count). The Morgan fingerprint density at radius 2 is 1.82 bits per heavy atom. The van der Waals surface area contributed by atoms with Crippen molar-refractivity contribution in [3.8, 4) is 0 Å². The number of hydrogen-bond donors (Lipinski definition) is 1. The average molecular weight is 315 g/mol. The van der Waals surface area contributed by atoms with Crippen LogP contribution >= 0.6 is 11.3 Å². The van der Waals surface area contributed by atoms with Gasteiger partial charge in [-0.05, 0) is 31.2 Å². The van der Waals surface area contributed by atoms with Gasteiger partial charge in [0.2, 0.25) is 11.8 Å². The fourth-order valence-corrected chi connectivity index (χ4v) is 2.89. The molecule has 1 fully saturated rings. The molecule has 1 aliphatic heterocycles. The number of nitrogens with zero attached hydrogens (tertiary/aromatic N) is 2. The number of amides is 3. The number of anilines is 2. The maximum absolute atomic E-state index is 12.1. The van der Waals surface area contributed by atoms with Crippen LogP contribution in [0.1, 0.15) is 28.9 Å². The van der Waals surface area contributed by atoms with Crippen molar-refractivity contribution < 1.29 is 14.4 Å². The van der Waals surface area contributed by atoms with Crippen molar-refractivity contribution in [2.24, 2.45) is 0 Å². The first-order valence-electron chi connectivity index (χ1n) is 6.74. The lowest BCUT2D eigenvalue weighted by Gasteiger charge is -2.13. The zero-order chi connectivity index (χ0) is 15.7. The predicted octanol–water partition coefficient (Wildman–Crippen LogP) is 2.36. The molecular weight excluding hydrogens is 302 g/mol. The van der Waals surface area contributed by atoms with E-state index in [-0.39, 0.29) is 30.6 Å². The van der Waals surface area contributed by atoms with E-state index in [4.69, 9.17) is 0 Å². The lowest BCUT2D eigenvalue weighted by Crippen LogP contribution is -2.28. The van der Waals surface area contributed by atoms with Crippen LogP contribution in [0.5, 0.6) is 0 Å². The molecule has 0 saturated carbocycles. The molecule has 0 radical (unpaired) electrons. The predicted molar refractivity (Wildman–Crippen MR) is 83.0 cm³/mol. The SMILES string of the molecule is Cc1csc(NC(=O)c2ccc(N3C(=O)CCC3=O)cc2)n1. The molecule has 1 aromatic heterocycles. The fraction of sp³-hybridized carbons (Fsp3) is 0.200. The Hall–Kier alpha value is -2.54. The van der Waals surface area contributed by atoms with Gasteiger partial charge in [-0.25, -0.2) is 4.98 Å². The van der Waals surface area contributed by atoms with Crippen LogP contribution < -0.4 is 10.2 Å². The first-order valence-corrected chi connectivity index (χ1v) is 7.62. The van der Waals surface area contributed by atoms with E-state index in [1.165, 1.54) is 11.3 Å². The molecule has 7 heteroatoms. The highest BCUT2D eigenvalue weighted by Crippen LogP contribution is 2.23. The maximum atomic E-state index is 12.1. The number of benzene rings is 1. The highest BCUT2D eigenvalue weighted by atomic mass is 32.1. The van der Waals surface area contributed by atoms with Gasteiger partial charge in [0, 0.05) is 23.8 Å². The minimum atomic E-state index is -0.278. The van der Waals surface area contributed by atoms with Crippen LogP contribution in [0.2, 0.25) is 0 Å². The highest BCUT2D eigenvalue weighted by molar-refractivity contribution is 7.13. The van der Waals surface area contributed by atoms with Crippen molar-refractivity contribution in [2.45, 2.75) is 19.8 Å². The smallest absolute Gasteiger partial charge is 0.257 e. The summed E-state index contributed by atoms with van der Waals surface area (Å²) in [6.45, 7) is 1.85. The second-order valence-corrected chi connectivity index (χ2v) is 5.78. The minimum absolute atomic E-state index is 0.208. The summed E-state index contributed by atoms with van der Waals surface area (Å²) in [4.78, 5) is 40.7. The van der Waals surface area contributed by atoms with Gasteiger partial charge in [0.25, 0.3) is 5.91 Å². The topological polar surface area (TPSA) is 79.4 Å². The van der Waals surface area contributed by atoms with E-state index in [0.29, 0.717) is 16.4 Å². The van der Waals surface area contributed by atoms with E-state index in [9.17, 15) is 14.4 Å². The van der Waals surface area contributed by atoms with Crippen molar-refractivity contribution in [3.05, 3.63) is 40.9 Å². The van der Waals surface area contributed by atoms with Crippen LogP contribution in [0.15, 0.2) is 29.6 Å². The molecule has 0 unspecified atom stereocenters. The molecule has 1 saturated heterocycles. The lowest BCUT2D eigenvalue weighted by atomic mass is 10.2. The molecule has 0 atom stereocenters. The highest BCUT2D eigenvalue weighted by Gasteiger charge is 2.30. The number of carbonyl (C=O) groups excluding carboxylic acids is 3. The van der Waals surface area contributed by atoms with Crippen molar-refractivity contribution >= 4 is 39.9 Å². The largest absolute Gasteiger partial charge is 0.298 e. The third-order valence-corrected chi connectivity index (χ3v) is 4.15. The lowest BCUT2D eigenvalue weighted by molar-refractivity contribution is -0.121. The Morgan fingerprint density at radius 3 is 2.36 bits per heavy atom. The zero-order valence-corrected chi connectivity index (χ0v) is 12.6. The van der Waals surface area contributed by atoms with E-state index in [1.54, 1.807) is 24.3 Å². The number of imide groups is 1. The normalized spacial score (nSPS) is 14.5. The van der Waals surface area contributed by atoms with Crippen LogP contribution in [-0.4, -0.2) is 22.7 Å². The molecule has 2 aromatic rings. The summed E-state index contributed by atoms with van der Waals surface area (Å²) in [6, 6.07) is 6.38. The molecule has 1 aromatic carbocycles. The Labute approximate surface area is 130 Å². The van der Waals surface area contributed by atoms with E-state index in [0.717, 1.165) is 10.6 Å². The van der Waals surface area contributed by atoms with Gasteiger partial charge in [-0.2, -0.15) is 0 Å². The summed E-state index contributed by atoms with van der Waals surface area (Å²) in [5.41, 5.74) is 1.78. The summed E-state index contributed by atoms with van der Waals surface area (Å²) in [7, 11) is 0. The molecule has 112 valence electrons. The Kier molecular flexibility index (Phi) is 3.72. The third kappa shape index (κ3) is 2.75. The Morgan fingerprint density at radius 1 is 1.18 bits per heavy atom.